The van der Waals surface area contributed by atoms with Crippen molar-refractivity contribution in [2.75, 3.05) is 32.7 Å². The van der Waals surface area contributed by atoms with E-state index in [1.54, 1.807) is 0 Å². The van der Waals surface area contributed by atoms with Crippen molar-refractivity contribution in [3.05, 3.63) is 41.5 Å². The summed E-state index contributed by atoms with van der Waals surface area (Å²) in [5, 5.41) is 7.13. The summed E-state index contributed by atoms with van der Waals surface area (Å²) in [6.07, 6.45) is -3.11. The Morgan fingerprint density at radius 1 is 1.09 bits per heavy atom. The molecule has 11 heteroatoms. The third kappa shape index (κ3) is 5.35. The predicted octanol–water partition coefficient (Wildman–Crippen LogP) is 3.39. The van der Waals surface area contributed by atoms with Gasteiger partial charge in [-0.25, -0.2) is 9.07 Å². The normalized spacial score (nSPS) is 23.2. The van der Waals surface area contributed by atoms with E-state index in [9.17, 15) is 22.4 Å². The highest BCUT2D eigenvalue weighted by Crippen LogP contribution is 2.34. The number of carbonyl (C=O) groups excluding carboxylic acids is 1. The fraction of sp³-hybridized carbons (Fsp3) is 0.591. The number of halogens is 4. The maximum absolute atomic E-state index is 13.9. The highest BCUT2D eigenvalue weighted by Gasteiger charge is 2.43. The first-order valence-corrected chi connectivity index (χ1v) is 11.1. The molecule has 2 aliphatic rings. The molecule has 2 fully saturated rings. The lowest BCUT2D eigenvalue weighted by molar-refractivity contribution is -0.143. The van der Waals surface area contributed by atoms with Gasteiger partial charge in [-0.05, 0) is 56.9 Å². The van der Waals surface area contributed by atoms with Gasteiger partial charge in [-0.1, -0.05) is 5.21 Å². The summed E-state index contributed by atoms with van der Waals surface area (Å²) in [7, 11) is 0. The summed E-state index contributed by atoms with van der Waals surface area (Å²) in [6.45, 7) is 7.40. The molecule has 2 unspecified atom stereocenters. The summed E-state index contributed by atoms with van der Waals surface area (Å²) in [6, 6.07) is 4.37. The number of rotatable bonds is 4. The average molecular weight is 469 g/mol. The molecule has 2 aliphatic heterocycles. The van der Waals surface area contributed by atoms with Crippen LogP contribution >= 0.6 is 0 Å². The summed E-state index contributed by atoms with van der Waals surface area (Å²) in [5.41, 5.74) is -2.01. The highest BCUT2D eigenvalue weighted by atomic mass is 19.4. The third-order valence-corrected chi connectivity index (χ3v) is 6.13. The number of likely N-dealkylation sites (tertiary alicyclic amines) is 1. The first kappa shape index (κ1) is 23.6. The number of piperidine rings is 1. The minimum Gasteiger partial charge on any atom is -0.373 e. The van der Waals surface area contributed by atoms with E-state index >= 15 is 0 Å². The molecule has 0 aliphatic carbocycles. The Morgan fingerprint density at radius 2 is 1.70 bits per heavy atom. The number of hydrogen-bond donors (Lipinski definition) is 0. The number of aromatic nitrogens is 3. The fourth-order valence-corrected chi connectivity index (χ4v) is 4.71. The average Bonchev–Trinajstić information content (AvgIpc) is 3.19. The van der Waals surface area contributed by atoms with Crippen LogP contribution < -0.4 is 0 Å². The van der Waals surface area contributed by atoms with E-state index < -0.39 is 29.3 Å². The van der Waals surface area contributed by atoms with Crippen LogP contribution in [0.4, 0.5) is 17.6 Å². The van der Waals surface area contributed by atoms with Gasteiger partial charge < -0.3 is 9.64 Å². The number of carbonyl (C=O) groups is 1. The van der Waals surface area contributed by atoms with Gasteiger partial charge in [0.15, 0.2) is 11.4 Å². The van der Waals surface area contributed by atoms with E-state index in [4.69, 9.17) is 4.74 Å². The lowest BCUT2D eigenvalue weighted by atomic mass is 9.95. The van der Waals surface area contributed by atoms with Crippen molar-refractivity contribution in [3.8, 4) is 5.69 Å². The molecule has 2 saturated heterocycles. The molecule has 1 aromatic heterocycles. The summed E-state index contributed by atoms with van der Waals surface area (Å²) in [4.78, 5) is 16.7. The molecule has 0 spiro atoms. The first-order valence-electron chi connectivity index (χ1n) is 11.1. The van der Waals surface area contributed by atoms with Crippen molar-refractivity contribution < 1.29 is 27.1 Å². The molecule has 1 aromatic carbocycles. The summed E-state index contributed by atoms with van der Waals surface area (Å²) in [5.74, 6) is -1.01. The SMILES string of the molecule is CC1CN(CC2CCN(C(=O)c3nnn(-c4ccc(F)cc4)c3C(F)(F)F)CC2)CC(C)O1. The lowest BCUT2D eigenvalue weighted by Crippen LogP contribution is -2.48. The van der Waals surface area contributed by atoms with Crippen LogP contribution in [-0.4, -0.2) is 75.6 Å². The molecule has 33 heavy (non-hydrogen) atoms. The number of nitrogens with zero attached hydrogens (tertiary/aromatic N) is 5. The van der Waals surface area contributed by atoms with Crippen molar-refractivity contribution >= 4 is 5.91 Å². The Labute approximate surface area is 189 Å². The Bertz CT molecular complexity index is 960. The third-order valence-electron chi connectivity index (χ3n) is 6.13. The predicted molar refractivity (Wildman–Crippen MR) is 111 cm³/mol. The van der Waals surface area contributed by atoms with E-state index in [2.05, 4.69) is 15.2 Å². The second-order valence-corrected chi connectivity index (χ2v) is 8.88. The first-order chi connectivity index (χ1) is 15.6. The van der Waals surface area contributed by atoms with Crippen molar-refractivity contribution in [1.82, 2.24) is 24.8 Å². The van der Waals surface area contributed by atoms with Gasteiger partial charge in [-0.2, -0.15) is 13.2 Å². The number of alkyl halides is 3. The van der Waals surface area contributed by atoms with Gasteiger partial charge in [-0.15, -0.1) is 5.10 Å². The Hall–Kier alpha value is -2.53. The maximum atomic E-state index is 13.9. The lowest BCUT2D eigenvalue weighted by Gasteiger charge is -2.39. The quantitative estimate of drug-likeness (QED) is 0.643. The van der Waals surface area contributed by atoms with Crippen LogP contribution in [0, 0.1) is 11.7 Å². The van der Waals surface area contributed by atoms with Gasteiger partial charge in [-0.3, -0.25) is 9.69 Å². The van der Waals surface area contributed by atoms with Crippen molar-refractivity contribution in [3.63, 3.8) is 0 Å². The minimum absolute atomic E-state index is 0.0250. The van der Waals surface area contributed by atoms with Crippen LogP contribution in [0.15, 0.2) is 24.3 Å². The van der Waals surface area contributed by atoms with Gasteiger partial charge >= 0.3 is 6.18 Å². The van der Waals surface area contributed by atoms with Gasteiger partial charge in [0.1, 0.15) is 5.82 Å². The van der Waals surface area contributed by atoms with Crippen LogP contribution in [-0.2, 0) is 10.9 Å². The summed E-state index contributed by atoms with van der Waals surface area (Å²) >= 11 is 0. The second-order valence-electron chi connectivity index (χ2n) is 8.88. The zero-order valence-corrected chi connectivity index (χ0v) is 18.6. The van der Waals surface area contributed by atoms with Crippen molar-refractivity contribution in [2.24, 2.45) is 5.92 Å². The Morgan fingerprint density at radius 3 is 2.27 bits per heavy atom. The standard InChI is InChI=1S/C22H27F4N5O2/c1-14-11-29(12-15(2)33-14)13-16-7-9-30(10-8-16)21(32)19-20(22(24,25)26)31(28-27-19)18-5-3-17(23)4-6-18/h3-6,14-16H,7-13H2,1-2H3. The molecule has 4 rings (SSSR count). The summed E-state index contributed by atoms with van der Waals surface area (Å²) < 4.78 is 61.1. The van der Waals surface area contributed by atoms with Crippen molar-refractivity contribution in [1.29, 1.82) is 0 Å². The van der Waals surface area contributed by atoms with E-state index in [1.807, 2.05) is 13.8 Å². The van der Waals surface area contributed by atoms with Gasteiger partial charge in [0, 0.05) is 32.7 Å². The number of benzene rings is 1. The molecule has 0 N–H and O–H groups in total. The molecule has 7 nitrogen and oxygen atoms in total. The van der Waals surface area contributed by atoms with Crippen LogP contribution in [0.3, 0.4) is 0 Å². The number of ether oxygens (including phenoxy) is 1. The van der Waals surface area contributed by atoms with Gasteiger partial charge in [0.2, 0.25) is 0 Å². The molecule has 2 atom stereocenters. The monoisotopic (exact) mass is 469 g/mol. The van der Waals surface area contributed by atoms with Gasteiger partial charge in [0.05, 0.1) is 17.9 Å². The largest absolute Gasteiger partial charge is 0.435 e. The molecule has 3 heterocycles. The maximum Gasteiger partial charge on any atom is 0.435 e. The second kappa shape index (κ2) is 9.38. The zero-order valence-electron chi connectivity index (χ0n) is 18.6. The highest BCUT2D eigenvalue weighted by molar-refractivity contribution is 5.93. The molecular weight excluding hydrogens is 442 g/mol. The smallest absolute Gasteiger partial charge is 0.373 e. The fourth-order valence-electron chi connectivity index (χ4n) is 4.71. The van der Waals surface area contributed by atoms with Crippen LogP contribution in [0.5, 0.6) is 0 Å². The molecular formula is C22H27F4N5O2. The number of hydrogen-bond acceptors (Lipinski definition) is 5. The number of morpholine rings is 1. The zero-order chi connectivity index (χ0) is 23.8. The molecule has 0 bridgehead atoms. The van der Waals surface area contributed by atoms with Crippen LogP contribution in [0.1, 0.15) is 42.9 Å². The topological polar surface area (TPSA) is 63.5 Å². The molecule has 180 valence electrons. The van der Waals surface area contributed by atoms with E-state index in [0.717, 1.165) is 43.9 Å². The Kier molecular flexibility index (Phi) is 6.71. The molecule has 0 radical (unpaired) electrons. The van der Waals surface area contributed by atoms with Crippen LogP contribution in [0.2, 0.25) is 0 Å². The molecule has 1 amide bonds. The van der Waals surface area contributed by atoms with E-state index in [0.29, 0.717) is 36.5 Å². The minimum atomic E-state index is -4.86. The molecule has 2 aromatic rings. The number of amides is 1. The van der Waals surface area contributed by atoms with E-state index in [-0.39, 0.29) is 17.9 Å². The van der Waals surface area contributed by atoms with Crippen molar-refractivity contribution in [2.45, 2.75) is 45.1 Å². The van der Waals surface area contributed by atoms with Gasteiger partial charge in [0.25, 0.3) is 5.91 Å². The van der Waals surface area contributed by atoms with E-state index in [1.165, 1.54) is 4.90 Å². The Balaban J connectivity index is 1.45. The molecule has 0 saturated carbocycles. The van der Waals surface area contributed by atoms with Crippen LogP contribution in [0.25, 0.3) is 5.69 Å².